The number of hydrogen-bond acceptors (Lipinski definition) is 6. The van der Waals surface area contributed by atoms with E-state index in [4.69, 9.17) is 9.47 Å². The highest BCUT2D eigenvalue weighted by atomic mass is 16.5. The number of amides is 1. The van der Waals surface area contributed by atoms with Crippen LogP contribution in [0, 0.1) is 5.92 Å². The molecule has 160 valence electrons. The van der Waals surface area contributed by atoms with E-state index in [1.165, 1.54) is 12.7 Å². The monoisotopic (exact) mass is 412 g/mol. The second-order valence-electron chi connectivity index (χ2n) is 7.93. The predicted molar refractivity (Wildman–Crippen MR) is 110 cm³/mol. The van der Waals surface area contributed by atoms with E-state index in [-0.39, 0.29) is 17.8 Å². The van der Waals surface area contributed by atoms with Gasteiger partial charge in [-0.25, -0.2) is 0 Å². The summed E-state index contributed by atoms with van der Waals surface area (Å²) in [6.45, 7) is 4.08. The summed E-state index contributed by atoms with van der Waals surface area (Å²) < 4.78 is 12.4. The first-order valence-electron chi connectivity index (χ1n) is 10.4. The number of benzene rings is 1. The Morgan fingerprint density at radius 2 is 2.00 bits per heavy atom. The molecule has 1 aromatic heterocycles. The molecule has 8 nitrogen and oxygen atoms in total. The van der Waals surface area contributed by atoms with Crippen LogP contribution in [-0.2, 0) is 29.7 Å². The predicted octanol–water partition coefficient (Wildman–Crippen LogP) is 1.84. The first-order valence-corrected chi connectivity index (χ1v) is 10.4. The maximum atomic E-state index is 12.9. The highest BCUT2D eigenvalue weighted by Crippen LogP contribution is 2.27. The molecule has 8 heteroatoms. The lowest BCUT2D eigenvalue weighted by Gasteiger charge is -2.30. The molecule has 0 aliphatic carbocycles. The van der Waals surface area contributed by atoms with E-state index < -0.39 is 0 Å². The number of rotatable bonds is 4. The van der Waals surface area contributed by atoms with E-state index in [1.807, 2.05) is 11.0 Å². The molecule has 2 aliphatic heterocycles. The molecule has 1 aromatic carbocycles. The molecular formula is C22H28N4O4. The van der Waals surface area contributed by atoms with Crippen molar-refractivity contribution in [1.82, 2.24) is 19.6 Å². The second kappa shape index (κ2) is 8.87. The Morgan fingerprint density at radius 1 is 1.20 bits per heavy atom. The molecule has 0 N–H and O–H groups in total. The van der Waals surface area contributed by atoms with Gasteiger partial charge < -0.3 is 14.4 Å². The highest BCUT2D eigenvalue weighted by molar-refractivity contribution is 5.92. The minimum Gasteiger partial charge on any atom is -0.491 e. The molecule has 30 heavy (non-hydrogen) atoms. The summed E-state index contributed by atoms with van der Waals surface area (Å²) >= 11 is 0. The van der Waals surface area contributed by atoms with Gasteiger partial charge in [0.1, 0.15) is 18.1 Å². The lowest BCUT2D eigenvalue weighted by Crippen LogP contribution is -2.36. The van der Waals surface area contributed by atoms with Gasteiger partial charge in [-0.2, -0.15) is 5.10 Å². The first kappa shape index (κ1) is 20.4. The third kappa shape index (κ3) is 4.33. The molecule has 2 aromatic rings. The van der Waals surface area contributed by atoms with E-state index >= 15 is 0 Å². The van der Waals surface area contributed by atoms with Crippen LogP contribution in [0.15, 0.2) is 30.5 Å². The minimum atomic E-state index is -0.102. The van der Waals surface area contributed by atoms with Crippen LogP contribution in [0.4, 0.5) is 0 Å². The fraction of sp³-hybridized carbons (Fsp3) is 0.500. The van der Waals surface area contributed by atoms with Crippen LogP contribution in [0.3, 0.4) is 0 Å². The van der Waals surface area contributed by atoms with Gasteiger partial charge in [0.15, 0.2) is 0 Å². The average Bonchev–Trinajstić information content (AvgIpc) is 3.07. The number of likely N-dealkylation sites (tertiary alicyclic amines) is 1. The van der Waals surface area contributed by atoms with Crippen molar-refractivity contribution in [2.24, 2.45) is 13.0 Å². The quantitative estimate of drug-likeness (QED) is 0.714. The molecule has 0 atom stereocenters. The Bertz CT molecular complexity index is 918. The van der Waals surface area contributed by atoms with E-state index in [0.717, 1.165) is 43.8 Å². The Hall–Kier alpha value is -2.87. The van der Waals surface area contributed by atoms with E-state index in [0.29, 0.717) is 25.4 Å². The van der Waals surface area contributed by atoms with Gasteiger partial charge in [0.25, 0.3) is 5.91 Å². The zero-order valence-electron chi connectivity index (χ0n) is 17.5. The van der Waals surface area contributed by atoms with E-state index in [1.54, 1.807) is 24.0 Å². The molecule has 1 fully saturated rings. The number of piperidine rings is 1. The van der Waals surface area contributed by atoms with Gasteiger partial charge in [-0.3, -0.25) is 19.2 Å². The molecule has 0 bridgehead atoms. The van der Waals surface area contributed by atoms with Gasteiger partial charge in [-0.05, 0) is 49.7 Å². The molecule has 1 saturated heterocycles. The fourth-order valence-electron chi connectivity index (χ4n) is 4.22. The summed E-state index contributed by atoms with van der Waals surface area (Å²) in [6.07, 6.45) is 3.29. The van der Waals surface area contributed by atoms with E-state index in [2.05, 4.69) is 22.1 Å². The number of ether oxygens (including phenoxy) is 2. The number of aromatic nitrogens is 2. The van der Waals surface area contributed by atoms with Crippen molar-refractivity contribution in [3.63, 3.8) is 0 Å². The van der Waals surface area contributed by atoms with E-state index in [9.17, 15) is 9.59 Å². The van der Waals surface area contributed by atoms with Gasteiger partial charge >= 0.3 is 5.97 Å². The van der Waals surface area contributed by atoms with Crippen molar-refractivity contribution < 1.29 is 19.1 Å². The largest absolute Gasteiger partial charge is 0.491 e. The Morgan fingerprint density at radius 3 is 2.70 bits per heavy atom. The van der Waals surface area contributed by atoms with Gasteiger partial charge in [0.05, 0.1) is 19.6 Å². The van der Waals surface area contributed by atoms with Gasteiger partial charge in [0.2, 0.25) is 0 Å². The molecular weight excluding hydrogens is 384 g/mol. The SMILES string of the molecule is COC(=O)C1CCN(Cc2ccc3c(c2)CN(C(=O)c2ccnn2C)CCO3)CC1. The number of nitrogens with zero attached hydrogens (tertiary/aromatic N) is 4. The normalized spacial score (nSPS) is 17.7. The van der Waals surface area contributed by atoms with Crippen molar-refractivity contribution in [3.8, 4) is 5.75 Å². The van der Waals surface area contributed by atoms with Crippen molar-refractivity contribution >= 4 is 11.9 Å². The maximum Gasteiger partial charge on any atom is 0.308 e. The Balaban J connectivity index is 1.43. The number of aryl methyl sites for hydroxylation is 1. The van der Waals surface area contributed by atoms with Crippen molar-refractivity contribution in [1.29, 1.82) is 0 Å². The summed E-state index contributed by atoms with van der Waals surface area (Å²) in [7, 11) is 3.23. The van der Waals surface area contributed by atoms with Crippen LogP contribution in [-0.4, -0.2) is 64.8 Å². The lowest BCUT2D eigenvalue weighted by molar-refractivity contribution is -0.147. The Labute approximate surface area is 176 Å². The van der Waals surface area contributed by atoms with Crippen molar-refractivity contribution in [2.75, 3.05) is 33.4 Å². The number of hydrogen-bond donors (Lipinski definition) is 0. The highest BCUT2D eigenvalue weighted by Gasteiger charge is 2.26. The third-order valence-electron chi connectivity index (χ3n) is 5.96. The number of esters is 1. The van der Waals surface area contributed by atoms with Crippen LogP contribution in [0.5, 0.6) is 5.75 Å². The van der Waals surface area contributed by atoms with Crippen LogP contribution in [0.1, 0.15) is 34.5 Å². The van der Waals surface area contributed by atoms with Crippen molar-refractivity contribution in [2.45, 2.75) is 25.9 Å². The van der Waals surface area contributed by atoms with Gasteiger partial charge in [-0.1, -0.05) is 6.07 Å². The number of carbonyl (C=O) groups is 2. The molecule has 0 unspecified atom stereocenters. The zero-order chi connectivity index (χ0) is 21.1. The molecule has 2 aliphatic rings. The molecule has 0 radical (unpaired) electrons. The number of fused-ring (bicyclic) bond motifs is 1. The number of methoxy groups -OCH3 is 1. The molecule has 3 heterocycles. The topological polar surface area (TPSA) is 76.9 Å². The molecule has 1 amide bonds. The summed E-state index contributed by atoms with van der Waals surface area (Å²) in [6, 6.07) is 7.97. The van der Waals surface area contributed by atoms with Gasteiger partial charge in [-0.15, -0.1) is 0 Å². The number of carbonyl (C=O) groups excluding carboxylic acids is 2. The summed E-state index contributed by atoms with van der Waals surface area (Å²) in [5.74, 6) is 0.707. The Kier molecular flexibility index (Phi) is 6.03. The summed E-state index contributed by atoms with van der Waals surface area (Å²) in [5.41, 5.74) is 2.77. The fourth-order valence-corrected chi connectivity index (χ4v) is 4.22. The molecule has 0 saturated carbocycles. The first-order chi connectivity index (χ1) is 14.5. The standard InChI is InChI=1S/C22H28N4O4/c1-24-19(5-8-23-24)21(27)26-11-12-30-20-4-3-16(13-18(20)15-26)14-25-9-6-17(7-10-25)22(28)29-2/h3-5,8,13,17H,6-7,9-12,14-15H2,1-2H3. The lowest BCUT2D eigenvalue weighted by atomic mass is 9.96. The summed E-state index contributed by atoms with van der Waals surface area (Å²) in [4.78, 5) is 28.8. The third-order valence-corrected chi connectivity index (χ3v) is 5.96. The average molecular weight is 412 g/mol. The maximum absolute atomic E-state index is 12.9. The van der Waals surface area contributed by atoms with Crippen LogP contribution in [0.25, 0.3) is 0 Å². The minimum absolute atomic E-state index is 0.0123. The van der Waals surface area contributed by atoms with Gasteiger partial charge in [0, 0.05) is 31.9 Å². The van der Waals surface area contributed by atoms with Crippen molar-refractivity contribution in [3.05, 3.63) is 47.3 Å². The molecule has 0 spiro atoms. The molecule has 4 rings (SSSR count). The smallest absolute Gasteiger partial charge is 0.308 e. The van der Waals surface area contributed by atoms with Crippen LogP contribution >= 0.6 is 0 Å². The zero-order valence-corrected chi connectivity index (χ0v) is 17.5. The van der Waals surface area contributed by atoms with Crippen LogP contribution < -0.4 is 4.74 Å². The van der Waals surface area contributed by atoms with Crippen LogP contribution in [0.2, 0.25) is 0 Å². The summed E-state index contributed by atoms with van der Waals surface area (Å²) in [5, 5.41) is 4.10. The second-order valence-corrected chi connectivity index (χ2v) is 7.93.